The molecular weight excluding hydrogens is 322 g/mol. The number of aliphatic carboxylic acids is 1. The number of hydrogen-bond donors (Lipinski definition) is 1. The van der Waals surface area contributed by atoms with Crippen LogP contribution in [0, 0.1) is 5.92 Å². The summed E-state index contributed by atoms with van der Waals surface area (Å²) in [6, 6.07) is 17.0. The highest BCUT2D eigenvalue weighted by Gasteiger charge is 2.40. The molecule has 124 valence electrons. The summed E-state index contributed by atoms with van der Waals surface area (Å²) in [6.07, 6.45) is 1.99. The van der Waals surface area contributed by atoms with Crippen molar-refractivity contribution >= 4 is 23.6 Å². The fourth-order valence-electron chi connectivity index (χ4n) is 3.17. The molecule has 0 spiro atoms. The number of hydrogen-bond acceptors (Lipinski definition) is 3. The van der Waals surface area contributed by atoms with Gasteiger partial charge in [-0.15, -0.1) is 11.8 Å². The number of amides is 1. The van der Waals surface area contributed by atoms with Crippen LogP contribution in [0.15, 0.2) is 59.5 Å². The standard InChI is InChI=1S/C19H19NO3S/c1-24-15-9-7-14(8-10-15)18(21)20-11-16(17(12-20)19(22)23)13-5-3-2-4-6-13/h2-10,16-17H,11-12H2,1H3,(H,22,23)/t16-,17-/m0/s1. The zero-order chi connectivity index (χ0) is 17.1. The fourth-order valence-corrected chi connectivity index (χ4v) is 3.58. The molecule has 3 rings (SSSR count). The third-order valence-corrected chi connectivity index (χ3v) is 5.23. The van der Waals surface area contributed by atoms with Gasteiger partial charge in [-0.3, -0.25) is 9.59 Å². The van der Waals surface area contributed by atoms with Gasteiger partial charge < -0.3 is 10.0 Å². The van der Waals surface area contributed by atoms with Gasteiger partial charge in [-0.2, -0.15) is 0 Å². The van der Waals surface area contributed by atoms with Gasteiger partial charge in [0.1, 0.15) is 0 Å². The molecule has 1 saturated heterocycles. The lowest BCUT2D eigenvalue weighted by atomic mass is 9.89. The van der Waals surface area contributed by atoms with Crippen molar-refractivity contribution in [3.05, 3.63) is 65.7 Å². The van der Waals surface area contributed by atoms with Crippen LogP contribution in [0.2, 0.25) is 0 Å². The van der Waals surface area contributed by atoms with E-state index in [-0.39, 0.29) is 18.4 Å². The lowest BCUT2D eigenvalue weighted by Crippen LogP contribution is -2.29. The average Bonchev–Trinajstić information content (AvgIpc) is 3.07. The smallest absolute Gasteiger partial charge is 0.308 e. The molecule has 0 aromatic heterocycles. The van der Waals surface area contributed by atoms with Gasteiger partial charge in [0.05, 0.1) is 5.92 Å². The van der Waals surface area contributed by atoms with E-state index in [1.54, 1.807) is 28.8 Å². The van der Waals surface area contributed by atoms with Crippen LogP contribution in [0.1, 0.15) is 21.8 Å². The second kappa shape index (κ2) is 7.09. The normalized spacial score (nSPS) is 20.1. The average molecular weight is 341 g/mol. The molecule has 1 amide bonds. The quantitative estimate of drug-likeness (QED) is 0.867. The maximum atomic E-state index is 12.7. The minimum absolute atomic E-state index is 0.104. The highest BCUT2D eigenvalue weighted by atomic mass is 32.2. The van der Waals surface area contributed by atoms with Crippen LogP contribution in [0.25, 0.3) is 0 Å². The number of carbonyl (C=O) groups excluding carboxylic acids is 1. The number of carboxylic acids is 1. The molecule has 0 bridgehead atoms. The first kappa shape index (κ1) is 16.6. The van der Waals surface area contributed by atoms with Gasteiger partial charge in [0, 0.05) is 29.5 Å². The van der Waals surface area contributed by atoms with E-state index >= 15 is 0 Å². The van der Waals surface area contributed by atoms with Crippen molar-refractivity contribution in [3.8, 4) is 0 Å². The second-order valence-corrected chi connectivity index (χ2v) is 6.78. The van der Waals surface area contributed by atoms with Crippen molar-refractivity contribution in [1.82, 2.24) is 4.90 Å². The van der Waals surface area contributed by atoms with Crippen LogP contribution < -0.4 is 0 Å². The highest BCUT2D eigenvalue weighted by Crippen LogP contribution is 2.33. The topological polar surface area (TPSA) is 57.6 Å². The van der Waals surface area contributed by atoms with Crippen LogP contribution in [0.5, 0.6) is 0 Å². The second-order valence-electron chi connectivity index (χ2n) is 5.90. The van der Waals surface area contributed by atoms with Gasteiger partial charge in [0.2, 0.25) is 0 Å². The number of likely N-dealkylation sites (tertiary alicyclic amines) is 1. The van der Waals surface area contributed by atoms with E-state index in [2.05, 4.69) is 0 Å². The number of carboxylic acid groups (broad SMARTS) is 1. The monoisotopic (exact) mass is 341 g/mol. The van der Waals surface area contributed by atoms with Crippen molar-refractivity contribution in [2.45, 2.75) is 10.8 Å². The first-order chi connectivity index (χ1) is 11.6. The van der Waals surface area contributed by atoms with E-state index in [0.29, 0.717) is 12.1 Å². The Labute approximate surface area is 145 Å². The van der Waals surface area contributed by atoms with Crippen LogP contribution in [-0.4, -0.2) is 41.2 Å². The summed E-state index contributed by atoms with van der Waals surface area (Å²) in [6.45, 7) is 0.683. The summed E-state index contributed by atoms with van der Waals surface area (Å²) in [5, 5.41) is 9.54. The largest absolute Gasteiger partial charge is 0.481 e. The molecule has 4 nitrogen and oxygen atoms in total. The van der Waals surface area contributed by atoms with Gasteiger partial charge in [0.25, 0.3) is 5.91 Å². The Morgan fingerprint density at radius 3 is 2.29 bits per heavy atom. The summed E-state index contributed by atoms with van der Waals surface area (Å²) in [7, 11) is 0. The molecule has 1 heterocycles. The molecule has 5 heteroatoms. The van der Waals surface area contributed by atoms with Crippen LogP contribution in [0.3, 0.4) is 0 Å². The SMILES string of the molecule is CSc1ccc(C(=O)N2C[C@H](C(=O)O)[C@H](c3ccccc3)C2)cc1. The zero-order valence-corrected chi connectivity index (χ0v) is 14.2. The summed E-state index contributed by atoms with van der Waals surface area (Å²) in [5.74, 6) is -1.69. The van der Waals surface area contributed by atoms with Crippen LogP contribution in [0.4, 0.5) is 0 Å². The van der Waals surface area contributed by atoms with Crippen molar-refractivity contribution in [1.29, 1.82) is 0 Å². The molecule has 1 aliphatic heterocycles. The third-order valence-electron chi connectivity index (χ3n) is 4.49. The Bertz CT molecular complexity index is 730. The molecule has 1 N–H and O–H groups in total. The van der Waals surface area contributed by atoms with E-state index in [4.69, 9.17) is 0 Å². The van der Waals surface area contributed by atoms with Crippen molar-refractivity contribution in [3.63, 3.8) is 0 Å². The third kappa shape index (κ3) is 3.31. The Morgan fingerprint density at radius 2 is 1.71 bits per heavy atom. The highest BCUT2D eigenvalue weighted by molar-refractivity contribution is 7.98. The van der Waals surface area contributed by atoms with E-state index in [0.717, 1.165) is 10.5 Å². The van der Waals surface area contributed by atoms with Crippen molar-refractivity contribution < 1.29 is 14.7 Å². The molecule has 0 aliphatic carbocycles. The molecule has 0 unspecified atom stereocenters. The first-order valence-electron chi connectivity index (χ1n) is 7.81. The molecule has 0 radical (unpaired) electrons. The minimum atomic E-state index is -0.850. The number of carbonyl (C=O) groups is 2. The molecule has 0 saturated carbocycles. The van der Waals surface area contributed by atoms with E-state index in [1.807, 2.05) is 48.7 Å². The first-order valence-corrected chi connectivity index (χ1v) is 9.03. The number of thioether (sulfide) groups is 1. The van der Waals surface area contributed by atoms with Crippen molar-refractivity contribution in [2.75, 3.05) is 19.3 Å². The summed E-state index contributed by atoms with van der Waals surface area (Å²) < 4.78 is 0. The van der Waals surface area contributed by atoms with Crippen molar-refractivity contribution in [2.24, 2.45) is 5.92 Å². The molecule has 2 atom stereocenters. The Kier molecular flexibility index (Phi) is 4.90. The Hall–Kier alpha value is -2.27. The lowest BCUT2D eigenvalue weighted by molar-refractivity contribution is -0.141. The molecule has 1 aliphatic rings. The van der Waals surface area contributed by atoms with E-state index < -0.39 is 11.9 Å². The summed E-state index contributed by atoms with van der Waals surface area (Å²) >= 11 is 1.62. The molecule has 2 aromatic rings. The molecule has 24 heavy (non-hydrogen) atoms. The molecular formula is C19H19NO3S. The number of nitrogens with zero attached hydrogens (tertiary/aromatic N) is 1. The Morgan fingerprint density at radius 1 is 1.04 bits per heavy atom. The predicted molar refractivity (Wildman–Crippen MR) is 94.4 cm³/mol. The zero-order valence-electron chi connectivity index (χ0n) is 13.4. The minimum Gasteiger partial charge on any atom is -0.481 e. The van der Waals surface area contributed by atoms with Gasteiger partial charge >= 0.3 is 5.97 Å². The summed E-state index contributed by atoms with van der Waals surface area (Å²) in [5.41, 5.74) is 1.57. The molecule has 1 fully saturated rings. The van der Waals surface area contributed by atoms with Gasteiger partial charge in [-0.1, -0.05) is 30.3 Å². The van der Waals surface area contributed by atoms with E-state index in [9.17, 15) is 14.7 Å². The molecule has 2 aromatic carbocycles. The maximum Gasteiger partial charge on any atom is 0.308 e. The van der Waals surface area contributed by atoms with Crippen LogP contribution in [-0.2, 0) is 4.79 Å². The fraction of sp³-hybridized carbons (Fsp3) is 0.263. The number of rotatable bonds is 4. The predicted octanol–water partition coefficient (Wildman–Crippen LogP) is 3.35. The maximum absolute atomic E-state index is 12.7. The lowest BCUT2D eigenvalue weighted by Gasteiger charge is -2.16. The van der Waals surface area contributed by atoms with Crippen LogP contribution >= 0.6 is 11.8 Å². The van der Waals surface area contributed by atoms with E-state index in [1.165, 1.54) is 0 Å². The summed E-state index contributed by atoms with van der Waals surface area (Å²) in [4.78, 5) is 27.1. The van der Waals surface area contributed by atoms with Gasteiger partial charge in [0.15, 0.2) is 0 Å². The van der Waals surface area contributed by atoms with Gasteiger partial charge in [-0.25, -0.2) is 0 Å². The number of benzene rings is 2. The Balaban J connectivity index is 1.82. The van der Waals surface area contributed by atoms with Gasteiger partial charge in [-0.05, 0) is 36.1 Å².